The molecule has 0 aromatic carbocycles. The summed E-state index contributed by atoms with van der Waals surface area (Å²) in [6.07, 6.45) is 1.25. The van der Waals surface area contributed by atoms with Crippen LogP contribution in [0, 0.1) is 5.82 Å². The second-order valence-electron chi connectivity index (χ2n) is 1.42. The second-order valence-corrected chi connectivity index (χ2v) is 2.64. The highest BCUT2D eigenvalue weighted by molar-refractivity contribution is 9.10. The molecular weight excluding hydrogens is 208 g/mol. The number of rotatable bonds is 0. The van der Waals surface area contributed by atoms with Gasteiger partial charge in [-0.1, -0.05) is 11.6 Å². The lowest BCUT2D eigenvalue weighted by atomic mass is 10.5. The summed E-state index contributed by atoms with van der Waals surface area (Å²) in [6, 6.07) is 1.21. The molecule has 1 heterocycles. The molecule has 1 rings (SSSR count). The minimum absolute atomic E-state index is 0.0400. The average molecular weight is 210 g/mol. The van der Waals surface area contributed by atoms with Crippen molar-refractivity contribution >= 4 is 27.5 Å². The van der Waals surface area contributed by atoms with Gasteiger partial charge in [0.15, 0.2) is 0 Å². The number of halogens is 3. The van der Waals surface area contributed by atoms with Gasteiger partial charge in [-0.05, 0) is 15.9 Å². The molecule has 1 aromatic rings. The summed E-state index contributed by atoms with van der Waals surface area (Å²) in [5, 5.41) is 0.0400. The zero-order chi connectivity index (χ0) is 6.85. The maximum atomic E-state index is 12.4. The summed E-state index contributed by atoms with van der Waals surface area (Å²) < 4.78 is 12.8. The Kier molecular flexibility index (Phi) is 2.03. The monoisotopic (exact) mass is 209 g/mol. The fraction of sp³-hybridized carbons (Fsp3) is 0. The van der Waals surface area contributed by atoms with Crippen LogP contribution in [0.1, 0.15) is 0 Å². The van der Waals surface area contributed by atoms with Gasteiger partial charge in [-0.15, -0.1) is 0 Å². The molecule has 1 aromatic heterocycles. The molecule has 0 bridgehead atoms. The minimum Gasteiger partial charge on any atom is -0.248 e. The summed E-state index contributed by atoms with van der Waals surface area (Å²) >= 11 is 8.31. The van der Waals surface area contributed by atoms with Gasteiger partial charge in [-0.2, -0.15) is 0 Å². The van der Waals surface area contributed by atoms with Crippen LogP contribution in [0.15, 0.2) is 16.9 Å². The van der Waals surface area contributed by atoms with Crippen LogP contribution in [-0.2, 0) is 0 Å². The lowest BCUT2D eigenvalue weighted by Gasteiger charge is -1.90. The highest BCUT2D eigenvalue weighted by atomic mass is 79.9. The van der Waals surface area contributed by atoms with Gasteiger partial charge in [0.05, 0.1) is 5.02 Å². The third-order valence-electron chi connectivity index (χ3n) is 0.775. The van der Waals surface area contributed by atoms with E-state index in [2.05, 4.69) is 20.9 Å². The highest BCUT2D eigenvalue weighted by Crippen LogP contribution is 2.15. The number of hydrogen-bond donors (Lipinski definition) is 0. The summed E-state index contributed by atoms with van der Waals surface area (Å²) in [5.74, 6) is -0.460. The van der Waals surface area contributed by atoms with Gasteiger partial charge in [-0.3, -0.25) is 0 Å². The van der Waals surface area contributed by atoms with Gasteiger partial charge in [0.1, 0.15) is 10.4 Å². The third kappa shape index (κ3) is 1.63. The van der Waals surface area contributed by atoms with Crippen molar-refractivity contribution in [2.45, 2.75) is 0 Å². The van der Waals surface area contributed by atoms with Gasteiger partial charge in [0.2, 0.25) is 0 Å². The Morgan fingerprint density at radius 3 is 2.78 bits per heavy atom. The number of pyridine rings is 1. The summed E-state index contributed by atoms with van der Waals surface area (Å²) in [7, 11) is 0. The third-order valence-corrected chi connectivity index (χ3v) is 1.49. The molecule has 48 valence electrons. The summed E-state index contributed by atoms with van der Waals surface area (Å²) in [6.45, 7) is 0. The van der Waals surface area contributed by atoms with Crippen molar-refractivity contribution in [3.05, 3.63) is 27.7 Å². The fourth-order valence-electron chi connectivity index (χ4n) is 0.391. The van der Waals surface area contributed by atoms with E-state index in [9.17, 15) is 4.39 Å². The van der Waals surface area contributed by atoms with Crippen LogP contribution >= 0.6 is 27.5 Å². The SMILES string of the molecule is Fc1cc(Br)ncc1Cl. The molecule has 0 aliphatic rings. The minimum atomic E-state index is -0.460. The fourth-order valence-corrected chi connectivity index (χ4v) is 0.797. The smallest absolute Gasteiger partial charge is 0.146 e. The first-order chi connectivity index (χ1) is 4.20. The Balaban J connectivity index is 3.17. The van der Waals surface area contributed by atoms with Gasteiger partial charge in [0.25, 0.3) is 0 Å². The molecule has 0 unspecified atom stereocenters. The zero-order valence-electron chi connectivity index (χ0n) is 4.24. The van der Waals surface area contributed by atoms with E-state index >= 15 is 0 Å². The van der Waals surface area contributed by atoms with Gasteiger partial charge in [-0.25, -0.2) is 9.37 Å². The predicted molar refractivity (Wildman–Crippen MR) is 36.9 cm³/mol. The molecule has 0 spiro atoms. The largest absolute Gasteiger partial charge is 0.248 e. The van der Waals surface area contributed by atoms with E-state index in [0.717, 1.165) is 0 Å². The average Bonchev–Trinajstić information content (AvgIpc) is 1.80. The van der Waals surface area contributed by atoms with Crippen LogP contribution < -0.4 is 0 Å². The number of hydrogen-bond acceptors (Lipinski definition) is 1. The molecule has 0 atom stereocenters. The Labute approximate surface area is 65.0 Å². The molecular formula is C5H2BrClFN. The summed E-state index contributed by atoms with van der Waals surface area (Å²) in [4.78, 5) is 3.68. The topological polar surface area (TPSA) is 12.9 Å². The molecule has 0 N–H and O–H groups in total. The molecule has 0 radical (unpaired) electrons. The van der Waals surface area contributed by atoms with Gasteiger partial charge < -0.3 is 0 Å². The van der Waals surface area contributed by atoms with Crippen LogP contribution in [0.3, 0.4) is 0 Å². The van der Waals surface area contributed by atoms with E-state index in [1.54, 1.807) is 0 Å². The lowest BCUT2D eigenvalue weighted by Crippen LogP contribution is -1.79. The van der Waals surface area contributed by atoms with Crippen LogP contribution in [-0.4, -0.2) is 4.98 Å². The standard InChI is InChI=1S/C5H2BrClFN/c6-5-1-4(8)3(7)2-9-5/h1-2H. The predicted octanol–water partition coefficient (Wildman–Crippen LogP) is 2.64. The maximum Gasteiger partial charge on any atom is 0.146 e. The Morgan fingerprint density at radius 1 is 1.67 bits per heavy atom. The molecule has 0 amide bonds. The molecule has 0 aliphatic carbocycles. The molecule has 0 saturated heterocycles. The first kappa shape index (κ1) is 6.96. The molecule has 0 saturated carbocycles. The quantitative estimate of drug-likeness (QED) is 0.600. The molecule has 0 fully saturated rings. The van der Waals surface area contributed by atoms with Crippen molar-refractivity contribution in [1.82, 2.24) is 4.98 Å². The normalized spacial score (nSPS) is 9.67. The van der Waals surface area contributed by atoms with Crippen molar-refractivity contribution in [1.29, 1.82) is 0 Å². The van der Waals surface area contributed by atoms with Gasteiger partial charge >= 0.3 is 0 Å². The van der Waals surface area contributed by atoms with Crippen molar-refractivity contribution < 1.29 is 4.39 Å². The number of aromatic nitrogens is 1. The van der Waals surface area contributed by atoms with Crippen LogP contribution in [0.4, 0.5) is 4.39 Å². The summed E-state index contributed by atoms with van der Waals surface area (Å²) in [5.41, 5.74) is 0. The lowest BCUT2D eigenvalue weighted by molar-refractivity contribution is 0.624. The Morgan fingerprint density at radius 2 is 2.33 bits per heavy atom. The van der Waals surface area contributed by atoms with Gasteiger partial charge in [0, 0.05) is 12.3 Å². The molecule has 1 nitrogen and oxygen atoms in total. The van der Waals surface area contributed by atoms with Crippen LogP contribution in [0.2, 0.25) is 5.02 Å². The van der Waals surface area contributed by atoms with E-state index in [1.807, 2.05) is 0 Å². The van der Waals surface area contributed by atoms with E-state index in [0.29, 0.717) is 4.60 Å². The zero-order valence-corrected chi connectivity index (χ0v) is 6.58. The van der Waals surface area contributed by atoms with E-state index in [-0.39, 0.29) is 5.02 Å². The Hall–Kier alpha value is -0.150. The number of nitrogens with zero attached hydrogens (tertiary/aromatic N) is 1. The van der Waals surface area contributed by atoms with Crippen molar-refractivity contribution in [2.75, 3.05) is 0 Å². The van der Waals surface area contributed by atoms with Crippen LogP contribution in [0.25, 0.3) is 0 Å². The van der Waals surface area contributed by atoms with E-state index in [1.165, 1.54) is 12.3 Å². The molecule has 4 heteroatoms. The molecule has 9 heavy (non-hydrogen) atoms. The first-order valence-electron chi connectivity index (χ1n) is 2.16. The van der Waals surface area contributed by atoms with E-state index < -0.39 is 5.82 Å². The van der Waals surface area contributed by atoms with Crippen molar-refractivity contribution in [3.8, 4) is 0 Å². The molecule has 0 aliphatic heterocycles. The second kappa shape index (κ2) is 2.62. The van der Waals surface area contributed by atoms with Crippen molar-refractivity contribution in [3.63, 3.8) is 0 Å². The van der Waals surface area contributed by atoms with Crippen LogP contribution in [0.5, 0.6) is 0 Å². The first-order valence-corrected chi connectivity index (χ1v) is 3.34. The van der Waals surface area contributed by atoms with E-state index in [4.69, 9.17) is 11.6 Å². The Bertz CT molecular complexity index is 228. The highest BCUT2D eigenvalue weighted by Gasteiger charge is 1.97. The maximum absolute atomic E-state index is 12.4. The van der Waals surface area contributed by atoms with Crippen molar-refractivity contribution in [2.24, 2.45) is 0 Å².